The standard InChI is InChI=1S/C19H28.CH4S/c1-18-10-3-2-4-13(18)5-7-15-16(18)9-11-19-12-14(19)6-8-17(15)19;1-2/h5,14-17H,2-4,6-12H2,1H3;2H,1H3. The summed E-state index contributed by atoms with van der Waals surface area (Å²) in [5.74, 6) is 4.44. The first kappa shape index (κ1) is 14.7. The van der Waals surface area contributed by atoms with Crippen molar-refractivity contribution in [1.82, 2.24) is 0 Å². The van der Waals surface area contributed by atoms with E-state index in [1.54, 1.807) is 38.4 Å². The molecule has 0 amide bonds. The quantitative estimate of drug-likeness (QED) is 0.419. The smallest absolute Gasteiger partial charge is 0.00853 e. The molecule has 6 unspecified atom stereocenters. The number of thiol groups is 1. The molecule has 0 aromatic rings. The molecule has 0 aromatic heterocycles. The van der Waals surface area contributed by atoms with Gasteiger partial charge in [0.2, 0.25) is 0 Å². The number of hydrogen-bond donors (Lipinski definition) is 1. The Hall–Kier alpha value is 0.0900. The van der Waals surface area contributed by atoms with Crippen LogP contribution < -0.4 is 0 Å². The van der Waals surface area contributed by atoms with Crippen molar-refractivity contribution in [3.05, 3.63) is 11.6 Å². The van der Waals surface area contributed by atoms with Crippen molar-refractivity contribution in [3.63, 3.8) is 0 Å². The van der Waals surface area contributed by atoms with E-state index in [9.17, 15) is 0 Å². The molecule has 0 heterocycles. The fourth-order valence-electron chi connectivity index (χ4n) is 7.37. The minimum Gasteiger partial charge on any atom is -0.183 e. The van der Waals surface area contributed by atoms with E-state index in [1.807, 2.05) is 5.57 Å². The van der Waals surface area contributed by atoms with Gasteiger partial charge in [0.15, 0.2) is 0 Å². The zero-order chi connectivity index (χ0) is 14.7. The van der Waals surface area contributed by atoms with Gasteiger partial charge in [0.05, 0.1) is 0 Å². The number of allylic oxidation sites excluding steroid dienone is 2. The van der Waals surface area contributed by atoms with Crippen LogP contribution in [-0.2, 0) is 0 Å². The molecule has 4 saturated carbocycles. The van der Waals surface area contributed by atoms with Gasteiger partial charge in [-0.25, -0.2) is 0 Å². The van der Waals surface area contributed by atoms with E-state index in [0.29, 0.717) is 5.41 Å². The van der Waals surface area contributed by atoms with E-state index < -0.39 is 0 Å². The molecular formula is C20H32S. The maximum absolute atomic E-state index is 3.53. The summed E-state index contributed by atoms with van der Waals surface area (Å²) >= 11 is 3.53. The van der Waals surface area contributed by atoms with Crippen LogP contribution in [-0.4, -0.2) is 6.26 Å². The Labute approximate surface area is 136 Å². The largest absolute Gasteiger partial charge is 0.183 e. The van der Waals surface area contributed by atoms with E-state index in [0.717, 1.165) is 23.2 Å². The summed E-state index contributed by atoms with van der Waals surface area (Å²) in [6, 6.07) is 0. The zero-order valence-electron chi connectivity index (χ0n) is 13.9. The van der Waals surface area contributed by atoms with Crippen LogP contribution >= 0.6 is 12.6 Å². The summed E-state index contributed by atoms with van der Waals surface area (Å²) in [7, 11) is 0. The molecule has 5 aliphatic carbocycles. The van der Waals surface area contributed by atoms with Gasteiger partial charge in [-0.2, -0.15) is 12.6 Å². The van der Waals surface area contributed by atoms with Crippen LogP contribution in [0.2, 0.25) is 0 Å². The van der Waals surface area contributed by atoms with E-state index in [2.05, 4.69) is 25.6 Å². The van der Waals surface area contributed by atoms with Gasteiger partial charge >= 0.3 is 0 Å². The molecular weight excluding hydrogens is 272 g/mol. The third kappa shape index (κ3) is 1.88. The SMILES string of the molecule is CC12CCCCC1=CCC1C2CCC23CC2CCC13.CS. The summed E-state index contributed by atoms with van der Waals surface area (Å²) in [4.78, 5) is 0. The first-order chi connectivity index (χ1) is 10.2. The van der Waals surface area contributed by atoms with Crippen molar-refractivity contribution in [2.75, 3.05) is 6.26 Å². The van der Waals surface area contributed by atoms with Crippen molar-refractivity contribution < 1.29 is 0 Å². The average molecular weight is 305 g/mol. The van der Waals surface area contributed by atoms with Crippen molar-refractivity contribution in [2.24, 2.45) is 34.5 Å². The molecule has 0 N–H and O–H groups in total. The lowest BCUT2D eigenvalue weighted by atomic mass is 9.50. The molecule has 0 nitrogen and oxygen atoms in total. The minimum absolute atomic E-state index is 0.621. The molecule has 5 rings (SSSR count). The molecule has 21 heavy (non-hydrogen) atoms. The van der Waals surface area contributed by atoms with Crippen molar-refractivity contribution >= 4 is 12.6 Å². The Morgan fingerprint density at radius 3 is 2.71 bits per heavy atom. The first-order valence-electron chi connectivity index (χ1n) is 9.38. The topological polar surface area (TPSA) is 0 Å². The Morgan fingerprint density at radius 1 is 1.05 bits per heavy atom. The van der Waals surface area contributed by atoms with Gasteiger partial charge in [-0.05, 0) is 98.5 Å². The van der Waals surface area contributed by atoms with Crippen molar-refractivity contribution in [3.8, 4) is 0 Å². The molecule has 6 atom stereocenters. The summed E-state index contributed by atoms with van der Waals surface area (Å²) < 4.78 is 0. The Balaban J connectivity index is 0.000000555. The lowest BCUT2D eigenvalue weighted by Gasteiger charge is -2.55. The molecule has 118 valence electrons. The van der Waals surface area contributed by atoms with Gasteiger partial charge < -0.3 is 0 Å². The van der Waals surface area contributed by atoms with E-state index in [1.165, 1.54) is 38.0 Å². The third-order valence-electron chi connectivity index (χ3n) is 8.38. The highest BCUT2D eigenvalue weighted by Crippen LogP contribution is 2.76. The van der Waals surface area contributed by atoms with Crippen LogP contribution in [0.15, 0.2) is 11.6 Å². The van der Waals surface area contributed by atoms with Gasteiger partial charge in [0.1, 0.15) is 0 Å². The second-order valence-corrected chi connectivity index (χ2v) is 8.72. The molecule has 0 aliphatic heterocycles. The Bertz CT molecular complexity index is 453. The highest BCUT2D eigenvalue weighted by atomic mass is 32.1. The predicted octanol–water partition coefficient (Wildman–Crippen LogP) is 5.89. The second-order valence-electron chi connectivity index (χ2n) is 8.72. The maximum atomic E-state index is 3.53. The normalized spacial score (nSPS) is 53.2. The number of rotatable bonds is 0. The van der Waals surface area contributed by atoms with Crippen LogP contribution in [0.25, 0.3) is 0 Å². The summed E-state index contributed by atoms with van der Waals surface area (Å²) in [6.45, 7) is 2.64. The molecule has 0 aromatic carbocycles. The molecule has 0 radical (unpaired) electrons. The van der Waals surface area contributed by atoms with Crippen molar-refractivity contribution in [1.29, 1.82) is 0 Å². The van der Waals surface area contributed by atoms with Gasteiger partial charge in [-0.15, -0.1) is 0 Å². The second kappa shape index (κ2) is 5.05. The molecule has 5 aliphatic rings. The maximum Gasteiger partial charge on any atom is -0.00853 e. The third-order valence-corrected chi connectivity index (χ3v) is 8.38. The van der Waals surface area contributed by atoms with E-state index in [-0.39, 0.29) is 0 Å². The minimum atomic E-state index is 0.621. The molecule has 0 bridgehead atoms. The van der Waals surface area contributed by atoms with Crippen LogP contribution in [0.4, 0.5) is 0 Å². The monoisotopic (exact) mass is 304 g/mol. The highest BCUT2D eigenvalue weighted by molar-refractivity contribution is 7.79. The first-order valence-corrected chi connectivity index (χ1v) is 10.3. The van der Waals surface area contributed by atoms with Crippen LogP contribution in [0.5, 0.6) is 0 Å². The Morgan fingerprint density at radius 2 is 1.90 bits per heavy atom. The fraction of sp³-hybridized carbons (Fsp3) is 0.900. The van der Waals surface area contributed by atoms with Gasteiger partial charge in [0, 0.05) is 0 Å². The zero-order valence-corrected chi connectivity index (χ0v) is 14.8. The van der Waals surface area contributed by atoms with Gasteiger partial charge in [-0.1, -0.05) is 25.0 Å². The highest BCUT2D eigenvalue weighted by Gasteiger charge is 2.67. The van der Waals surface area contributed by atoms with Crippen LogP contribution in [0.1, 0.15) is 71.1 Å². The predicted molar refractivity (Wildman–Crippen MR) is 93.7 cm³/mol. The lowest BCUT2D eigenvalue weighted by Crippen LogP contribution is -2.46. The van der Waals surface area contributed by atoms with Gasteiger partial charge in [0.25, 0.3) is 0 Å². The summed E-state index contributed by atoms with van der Waals surface area (Å²) in [5.41, 5.74) is 3.38. The number of hydrogen-bond acceptors (Lipinski definition) is 1. The molecule has 0 saturated heterocycles. The molecule has 4 fully saturated rings. The van der Waals surface area contributed by atoms with E-state index in [4.69, 9.17) is 0 Å². The fourth-order valence-corrected chi connectivity index (χ4v) is 7.37. The number of fused-ring (bicyclic) bond motifs is 4. The molecule has 1 spiro atoms. The average Bonchev–Trinajstić information content (AvgIpc) is 3.09. The Kier molecular flexibility index (Phi) is 3.52. The van der Waals surface area contributed by atoms with Gasteiger partial charge in [-0.3, -0.25) is 0 Å². The van der Waals surface area contributed by atoms with Crippen molar-refractivity contribution in [2.45, 2.75) is 71.1 Å². The molecule has 1 heteroatoms. The summed E-state index contributed by atoms with van der Waals surface area (Å²) in [6.07, 6.45) is 19.7. The summed E-state index contributed by atoms with van der Waals surface area (Å²) in [5, 5.41) is 0. The van der Waals surface area contributed by atoms with E-state index >= 15 is 0 Å². The van der Waals surface area contributed by atoms with Crippen LogP contribution in [0, 0.1) is 34.5 Å². The van der Waals surface area contributed by atoms with Crippen LogP contribution in [0.3, 0.4) is 0 Å². The lowest BCUT2D eigenvalue weighted by molar-refractivity contribution is -0.00162.